The third-order valence-electron chi connectivity index (χ3n) is 3.22. The minimum atomic E-state index is 0.687. The average Bonchev–Trinajstić information content (AvgIpc) is 2.73. The molecule has 0 aromatic carbocycles. The SMILES string of the molecule is CCCCC(CCC)c1csc(C(C)C)c1. The molecule has 1 rings (SSSR count). The van der Waals surface area contributed by atoms with E-state index in [1.54, 1.807) is 10.4 Å². The number of thiophene rings is 1. The molecule has 0 aliphatic heterocycles. The highest BCUT2D eigenvalue weighted by molar-refractivity contribution is 7.10. The molecule has 92 valence electrons. The molecule has 1 heterocycles. The quantitative estimate of drug-likeness (QED) is 0.551. The second-order valence-electron chi connectivity index (χ2n) is 5.06. The van der Waals surface area contributed by atoms with Crippen LogP contribution in [0.15, 0.2) is 11.4 Å². The summed E-state index contributed by atoms with van der Waals surface area (Å²) in [6, 6.07) is 2.45. The van der Waals surface area contributed by atoms with Crippen LogP contribution < -0.4 is 0 Å². The summed E-state index contributed by atoms with van der Waals surface area (Å²) in [7, 11) is 0. The van der Waals surface area contributed by atoms with Gasteiger partial charge < -0.3 is 0 Å². The molecule has 16 heavy (non-hydrogen) atoms. The molecule has 1 aromatic heterocycles. The summed E-state index contributed by atoms with van der Waals surface area (Å²) < 4.78 is 0. The Labute approximate surface area is 105 Å². The fourth-order valence-corrected chi connectivity index (χ4v) is 3.17. The van der Waals surface area contributed by atoms with E-state index >= 15 is 0 Å². The van der Waals surface area contributed by atoms with Gasteiger partial charge in [-0.2, -0.15) is 0 Å². The minimum absolute atomic E-state index is 0.687. The van der Waals surface area contributed by atoms with Gasteiger partial charge in [0.1, 0.15) is 0 Å². The normalized spacial score (nSPS) is 13.3. The van der Waals surface area contributed by atoms with Crippen molar-refractivity contribution in [3.63, 3.8) is 0 Å². The number of rotatable bonds is 7. The van der Waals surface area contributed by atoms with Gasteiger partial charge >= 0.3 is 0 Å². The summed E-state index contributed by atoms with van der Waals surface area (Å²) in [5, 5.41) is 2.39. The fourth-order valence-electron chi connectivity index (χ4n) is 2.16. The zero-order valence-corrected chi connectivity index (χ0v) is 12.1. The largest absolute Gasteiger partial charge is 0.148 e. The van der Waals surface area contributed by atoms with E-state index < -0.39 is 0 Å². The van der Waals surface area contributed by atoms with Crippen LogP contribution in [0.1, 0.15) is 82.1 Å². The molecule has 0 amide bonds. The van der Waals surface area contributed by atoms with Crippen molar-refractivity contribution in [1.82, 2.24) is 0 Å². The van der Waals surface area contributed by atoms with Gasteiger partial charge in [0.25, 0.3) is 0 Å². The van der Waals surface area contributed by atoms with Crippen molar-refractivity contribution in [3.05, 3.63) is 21.9 Å². The van der Waals surface area contributed by atoms with E-state index in [0.717, 1.165) is 5.92 Å². The van der Waals surface area contributed by atoms with Crippen LogP contribution in [0.2, 0.25) is 0 Å². The lowest BCUT2D eigenvalue weighted by molar-refractivity contribution is 0.542. The molecule has 0 bridgehead atoms. The molecule has 1 aromatic rings. The Hall–Kier alpha value is -0.300. The van der Waals surface area contributed by atoms with Crippen molar-refractivity contribution in [2.24, 2.45) is 0 Å². The molecular formula is C15H26S. The molecule has 0 fully saturated rings. The number of unbranched alkanes of at least 4 members (excludes halogenated alkanes) is 1. The number of hydrogen-bond donors (Lipinski definition) is 0. The monoisotopic (exact) mass is 238 g/mol. The molecule has 0 saturated heterocycles. The van der Waals surface area contributed by atoms with Gasteiger partial charge in [-0.15, -0.1) is 11.3 Å². The van der Waals surface area contributed by atoms with Crippen molar-refractivity contribution in [1.29, 1.82) is 0 Å². The van der Waals surface area contributed by atoms with E-state index in [2.05, 4.69) is 39.1 Å². The molecule has 1 heteroatoms. The van der Waals surface area contributed by atoms with Crippen LogP contribution in [0.25, 0.3) is 0 Å². The predicted molar refractivity (Wildman–Crippen MR) is 75.6 cm³/mol. The molecule has 0 aliphatic carbocycles. The Morgan fingerprint density at radius 1 is 1.12 bits per heavy atom. The van der Waals surface area contributed by atoms with Gasteiger partial charge in [0.05, 0.1) is 0 Å². The van der Waals surface area contributed by atoms with Crippen molar-refractivity contribution < 1.29 is 0 Å². The smallest absolute Gasteiger partial charge is 0.00736 e. The standard InChI is InChI=1S/C15H26S/c1-5-7-9-13(8-6-2)14-10-15(12(3)4)16-11-14/h10-13H,5-9H2,1-4H3. The molecule has 0 N–H and O–H groups in total. The fraction of sp³-hybridized carbons (Fsp3) is 0.733. The third kappa shape index (κ3) is 3.93. The molecule has 1 atom stereocenters. The van der Waals surface area contributed by atoms with Crippen LogP contribution in [0.3, 0.4) is 0 Å². The highest BCUT2D eigenvalue weighted by Crippen LogP contribution is 2.32. The van der Waals surface area contributed by atoms with Gasteiger partial charge in [-0.1, -0.05) is 47.0 Å². The van der Waals surface area contributed by atoms with Crippen molar-refractivity contribution in [3.8, 4) is 0 Å². The minimum Gasteiger partial charge on any atom is -0.148 e. The van der Waals surface area contributed by atoms with Crippen molar-refractivity contribution >= 4 is 11.3 Å². The predicted octanol–water partition coefficient (Wildman–Crippen LogP) is 5.95. The first-order valence-corrected chi connectivity index (χ1v) is 7.65. The maximum atomic E-state index is 2.45. The van der Waals surface area contributed by atoms with E-state index in [9.17, 15) is 0 Å². The molecule has 1 unspecified atom stereocenters. The lowest BCUT2D eigenvalue weighted by atomic mass is 9.91. The van der Waals surface area contributed by atoms with Gasteiger partial charge in [-0.05, 0) is 41.7 Å². The topological polar surface area (TPSA) is 0 Å². The van der Waals surface area contributed by atoms with E-state index in [-0.39, 0.29) is 0 Å². The Balaban J connectivity index is 2.67. The van der Waals surface area contributed by atoms with E-state index in [4.69, 9.17) is 0 Å². The summed E-state index contributed by atoms with van der Waals surface area (Å²) in [6.07, 6.45) is 6.73. The molecule has 0 radical (unpaired) electrons. The maximum absolute atomic E-state index is 2.45. The molecule has 0 aliphatic rings. The van der Waals surface area contributed by atoms with E-state index in [0.29, 0.717) is 5.92 Å². The van der Waals surface area contributed by atoms with Crippen LogP contribution in [0.4, 0.5) is 0 Å². The molecule has 0 saturated carbocycles. The molecular weight excluding hydrogens is 212 g/mol. The summed E-state index contributed by atoms with van der Waals surface area (Å²) in [5.74, 6) is 1.50. The van der Waals surface area contributed by atoms with Gasteiger partial charge in [-0.25, -0.2) is 0 Å². The third-order valence-corrected chi connectivity index (χ3v) is 4.48. The van der Waals surface area contributed by atoms with Gasteiger partial charge in [-0.3, -0.25) is 0 Å². The first-order chi connectivity index (χ1) is 7.69. The average molecular weight is 238 g/mol. The van der Waals surface area contributed by atoms with Crippen molar-refractivity contribution in [2.45, 2.75) is 71.6 Å². The Morgan fingerprint density at radius 3 is 2.38 bits per heavy atom. The van der Waals surface area contributed by atoms with Crippen LogP contribution in [-0.4, -0.2) is 0 Å². The summed E-state index contributed by atoms with van der Waals surface area (Å²) >= 11 is 1.95. The Bertz CT molecular complexity index is 285. The number of hydrogen-bond acceptors (Lipinski definition) is 1. The lowest BCUT2D eigenvalue weighted by Crippen LogP contribution is -1.97. The summed E-state index contributed by atoms with van der Waals surface area (Å²) in [5.41, 5.74) is 1.60. The van der Waals surface area contributed by atoms with Gasteiger partial charge in [0.15, 0.2) is 0 Å². The zero-order chi connectivity index (χ0) is 12.0. The Kier molecular flexibility index (Phi) is 6.12. The van der Waals surface area contributed by atoms with Crippen LogP contribution in [0, 0.1) is 0 Å². The van der Waals surface area contributed by atoms with Crippen LogP contribution in [0.5, 0.6) is 0 Å². The highest BCUT2D eigenvalue weighted by Gasteiger charge is 2.13. The van der Waals surface area contributed by atoms with E-state index in [1.165, 1.54) is 32.1 Å². The van der Waals surface area contributed by atoms with Crippen molar-refractivity contribution in [2.75, 3.05) is 0 Å². The molecule has 0 spiro atoms. The Morgan fingerprint density at radius 2 is 1.88 bits per heavy atom. The van der Waals surface area contributed by atoms with E-state index in [1.807, 2.05) is 11.3 Å². The first-order valence-electron chi connectivity index (χ1n) is 6.77. The lowest BCUT2D eigenvalue weighted by Gasteiger charge is -2.14. The molecule has 0 nitrogen and oxygen atoms in total. The van der Waals surface area contributed by atoms with Crippen LogP contribution in [-0.2, 0) is 0 Å². The summed E-state index contributed by atoms with van der Waals surface area (Å²) in [6.45, 7) is 9.16. The summed E-state index contributed by atoms with van der Waals surface area (Å²) in [4.78, 5) is 1.55. The van der Waals surface area contributed by atoms with Gasteiger partial charge in [0, 0.05) is 4.88 Å². The van der Waals surface area contributed by atoms with Gasteiger partial charge in [0.2, 0.25) is 0 Å². The highest BCUT2D eigenvalue weighted by atomic mass is 32.1. The first kappa shape index (κ1) is 13.8. The zero-order valence-electron chi connectivity index (χ0n) is 11.3. The second-order valence-corrected chi connectivity index (χ2v) is 6.01. The second kappa shape index (κ2) is 7.11. The maximum Gasteiger partial charge on any atom is 0.00736 e. The van der Waals surface area contributed by atoms with Crippen LogP contribution >= 0.6 is 11.3 Å².